The highest BCUT2D eigenvalue weighted by atomic mass is 16.5. The quantitative estimate of drug-likeness (QED) is 0.760. The average molecular weight is 221 g/mol. The van der Waals surface area contributed by atoms with Gasteiger partial charge in [0, 0.05) is 13.2 Å². The lowest BCUT2D eigenvalue weighted by atomic mass is 9.95. The number of rotatable bonds is 6. The van der Waals surface area contributed by atoms with E-state index in [0.717, 1.165) is 12.2 Å². The third-order valence-corrected chi connectivity index (χ3v) is 3.04. The summed E-state index contributed by atoms with van der Waals surface area (Å²) in [6.45, 7) is 1.21. The van der Waals surface area contributed by atoms with E-state index in [2.05, 4.69) is 0 Å². The topological polar surface area (TPSA) is 55.5 Å². The molecule has 0 aromatic heterocycles. The van der Waals surface area contributed by atoms with Crippen LogP contribution in [0.25, 0.3) is 0 Å². The van der Waals surface area contributed by atoms with Gasteiger partial charge in [0.05, 0.1) is 6.61 Å². The fourth-order valence-electron chi connectivity index (χ4n) is 1.69. The van der Waals surface area contributed by atoms with Crippen LogP contribution in [0.2, 0.25) is 0 Å². The summed E-state index contributed by atoms with van der Waals surface area (Å²) in [6.07, 6.45) is 2.51. The fraction of sp³-hybridized carbons (Fsp3) is 0.538. The van der Waals surface area contributed by atoms with E-state index in [1.807, 2.05) is 30.3 Å². The van der Waals surface area contributed by atoms with Gasteiger partial charge < -0.3 is 15.6 Å². The van der Waals surface area contributed by atoms with Crippen molar-refractivity contribution in [2.75, 3.05) is 19.8 Å². The molecule has 1 aromatic rings. The minimum atomic E-state index is -1.05. The third-order valence-electron chi connectivity index (χ3n) is 3.04. The molecule has 1 aliphatic rings. The van der Waals surface area contributed by atoms with Gasteiger partial charge in [0.2, 0.25) is 0 Å². The molecule has 1 atom stereocenters. The van der Waals surface area contributed by atoms with Crippen LogP contribution in [0.5, 0.6) is 0 Å². The molecule has 88 valence electrons. The molecule has 1 fully saturated rings. The van der Waals surface area contributed by atoms with Crippen LogP contribution in [-0.4, -0.2) is 24.9 Å². The summed E-state index contributed by atoms with van der Waals surface area (Å²) in [7, 11) is 0. The van der Waals surface area contributed by atoms with Crippen LogP contribution in [-0.2, 0) is 10.3 Å². The zero-order valence-corrected chi connectivity index (χ0v) is 9.43. The first kappa shape index (κ1) is 11.6. The first-order valence-corrected chi connectivity index (χ1v) is 5.80. The third kappa shape index (κ3) is 2.82. The van der Waals surface area contributed by atoms with E-state index < -0.39 is 5.60 Å². The summed E-state index contributed by atoms with van der Waals surface area (Å²) < 4.78 is 5.54. The van der Waals surface area contributed by atoms with Gasteiger partial charge in [-0.1, -0.05) is 30.3 Å². The zero-order valence-electron chi connectivity index (χ0n) is 9.43. The van der Waals surface area contributed by atoms with Crippen LogP contribution in [0.3, 0.4) is 0 Å². The minimum Gasteiger partial charge on any atom is -0.381 e. The number of hydrogen-bond acceptors (Lipinski definition) is 3. The number of hydrogen-bond donors (Lipinski definition) is 2. The van der Waals surface area contributed by atoms with E-state index in [-0.39, 0.29) is 13.2 Å². The van der Waals surface area contributed by atoms with Gasteiger partial charge in [-0.15, -0.1) is 0 Å². The molecule has 16 heavy (non-hydrogen) atoms. The summed E-state index contributed by atoms with van der Waals surface area (Å²) in [5, 5.41) is 10.4. The molecule has 3 nitrogen and oxygen atoms in total. The maximum absolute atomic E-state index is 10.4. The van der Waals surface area contributed by atoms with Crippen molar-refractivity contribution >= 4 is 0 Å². The molecule has 3 heteroatoms. The van der Waals surface area contributed by atoms with Crippen LogP contribution < -0.4 is 5.73 Å². The predicted molar refractivity (Wildman–Crippen MR) is 62.9 cm³/mol. The Morgan fingerprint density at radius 3 is 2.56 bits per heavy atom. The van der Waals surface area contributed by atoms with Gasteiger partial charge in [0.1, 0.15) is 5.60 Å². The Bertz CT molecular complexity index is 324. The second-order valence-corrected chi connectivity index (χ2v) is 4.56. The van der Waals surface area contributed by atoms with Gasteiger partial charge in [0.15, 0.2) is 0 Å². The van der Waals surface area contributed by atoms with Crippen molar-refractivity contribution in [3.05, 3.63) is 35.9 Å². The lowest BCUT2D eigenvalue weighted by Crippen LogP contribution is -2.39. The van der Waals surface area contributed by atoms with Crippen molar-refractivity contribution in [1.82, 2.24) is 0 Å². The first-order chi connectivity index (χ1) is 7.74. The molecule has 2 rings (SSSR count). The molecule has 0 aliphatic heterocycles. The van der Waals surface area contributed by atoms with Crippen LogP contribution in [0, 0.1) is 5.92 Å². The number of ether oxygens (including phenoxy) is 1. The van der Waals surface area contributed by atoms with E-state index in [1.165, 1.54) is 12.8 Å². The summed E-state index contributed by atoms with van der Waals surface area (Å²) in [4.78, 5) is 0. The Balaban J connectivity index is 1.94. The van der Waals surface area contributed by atoms with Gasteiger partial charge in [0.25, 0.3) is 0 Å². The van der Waals surface area contributed by atoms with Crippen molar-refractivity contribution in [2.45, 2.75) is 18.4 Å². The SMILES string of the molecule is NCC(O)(COCC1CC1)c1ccccc1. The van der Waals surface area contributed by atoms with Crippen molar-refractivity contribution < 1.29 is 9.84 Å². The van der Waals surface area contributed by atoms with Gasteiger partial charge >= 0.3 is 0 Å². The van der Waals surface area contributed by atoms with Crippen LogP contribution >= 0.6 is 0 Å². The summed E-state index contributed by atoms with van der Waals surface area (Å²) in [5.41, 5.74) is 5.42. The Kier molecular flexibility index (Phi) is 3.59. The summed E-state index contributed by atoms with van der Waals surface area (Å²) in [5.74, 6) is 0.706. The monoisotopic (exact) mass is 221 g/mol. The minimum absolute atomic E-state index is 0.182. The van der Waals surface area contributed by atoms with Crippen molar-refractivity contribution in [3.63, 3.8) is 0 Å². The molecular formula is C13H19NO2. The second kappa shape index (κ2) is 4.95. The molecule has 0 heterocycles. The zero-order chi connectivity index (χ0) is 11.4. The molecule has 0 radical (unpaired) electrons. The van der Waals surface area contributed by atoms with Gasteiger partial charge in [-0.25, -0.2) is 0 Å². The van der Waals surface area contributed by atoms with E-state index in [0.29, 0.717) is 5.92 Å². The van der Waals surface area contributed by atoms with E-state index in [1.54, 1.807) is 0 Å². The Morgan fingerprint density at radius 2 is 2.00 bits per heavy atom. The molecule has 1 aromatic carbocycles. The standard InChI is InChI=1S/C13H19NO2/c14-9-13(15,10-16-8-11-6-7-11)12-4-2-1-3-5-12/h1-5,11,15H,6-10,14H2. The largest absolute Gasteiger partial charge is 0.381 e. The average Bonchev–Trinajstić information content (AvgIpc) is 3.14. The van der Waals surface area contributed by atoms with Gasteiger partial charge in [-0.05, 0) is 24.3 Å². The normalized spacial score (nSPS) is 19.4. The molecule has 0 spiro atoms. The van der Waals surface area contributed by atoms with Gasteiger partial charge in [-0.2, -0.15) is 0 Å². The number of aliphatic hydroxyl groups is 1. The van der Waals surface area contributed by atoms with E-state index in [4.69, 9.17) is 10.5 Å². The van der Waals surface area contributed by atoms with Crippen molar-refractivity contribution in [1.29, 1.82) is 0 Å². The molecule has 0 amide bonds. The maximum atomic E-state index is 10.4. The lowest BCUT2D eigenvalue weighted by Gasteiger charge is -2.26. The molecule has 3 N–H and O–H groups in total. The van der Waals surface area contributed by atoms with Crippen molar-refractivity contribution in [2.24, 2.45) is 11.7 Å². The van der Waals surface area contributed by atoms with Crippen LogP contribution in [0.15, 0.2) is 30.3 Å². The smallest absolute Gasteiger partial charge is 0.125 e. The van der Waals surface area contributed by atoms with E-state index >= 15 is 0 Å². The molecule has 1 unspecified atom stereocenters. The van der Waals surface area contributed by atoms with Crippen LogP contribution in [0.4, 0.5) is 0 Å². The predicted octanol–water partition coefficient (Wildman–Crippen LogP) is 1.26. The first-order valence-electron chi connectivity index (χ1n) is 5.80. The molecule has 1 aliphatic carbocycles. The number of benzene rings is 1. The van der Waals surface area contributed by atoms with Gasteiger partial charge in [-0.3, -0.25) is 0 Å². The molecule has 0 saturated heterocycles. The molecule has 0 bridgehead atoms. The number of nitrogens with two attached hydrogens (primary N) is 1. The van der Waals surface area contributed by atoms with E-state index in [9.17, 15) is 5.11 Å². The second-order valence-electron chi connectivity index (χ2n) is 4.56. The molecule has 1 saturated carbocycles. The Morgan fingerprint density at radius 1 is 1.31 bits per heavy atom. The Labute approximate surface area is 96.2 Å². The maximum Gasteiger partial charge on any atom is 0.125 e. The van der Waals surface area contributed by atoms with Crippen molar-refractivity contribution in [3.8, 4) is 0 Å². The van der Waals surface area contributed by atoms with Crippen LogP contribution in [0.1, 0.15) is 18.4 Å². The highest BCUT2D eigenvalue weighted by Gasteiger charge is 2.29. The highest BCUT2D eigenvalue weighted by Crippen LogP contribution is 2.29. The Hall–Kier alpha value is -0.900. The lowest BCUT2D eigenvalue weighted by molar-refractivity contribution is -0.0469. The molecular weight excluding hydrogens is 202 g/mol. The summed E-state index contributed by atoms with van der Waals surface area (Å²) >= 11 is 0. The summed E-state index contributed by atoms with van der Waals surface area (Å²) in [6, 6.07) is 9.49. The fourth-order valence-corrected chi connectivity index (χ4v) is 1.69. The highest BCUT2D eigenvalue weighted by molar-refractivity contribution is 5.22.